The molecule has 0 aromatic carbocycles. The van der Waals surface area contributed by atoms with Crippen LogP contribution in [0.25, 0.3) is 0 Å². The van der Waals surface area contributed by atoms with Crippen LogP contribution in [-0.4, -0.2) is 35.7 Å². The highest BCUT2D eigenvalue weighted by molar-refractivity contribution is 5.77. The molecular formula is C11H20FN3O2. The van der Waals surface area contributed by atoms with E-state index in [0.29, 0.717) is 12.0 Å². The molecule has 0 aliphatic rings. The molecule has 0 aliphatic carbocycles. The number of nitrogens with two attached hydrogens (primary N) is 1. The predicted molar refractivity (Wildman–Crippen MR) is 64.9 cm³/mol. The van der Waals surface area contributed by atoms with Crippen LogP contribution in [0.15, 0.2) is 11.6 Å². The van der Waals surface area contributed by atoms with Crippen molar-refractivity contribution in [3.05, 3.63) is 11.6 Å². The first-order valence-electron chi connectivity index (χ1n) is 5.34. The average Bonchev–Trinajstić information content (AvgIpc) is 2.22. The Morgan fingerprint density at radius 1 is 1.65 bits per heavy atom. The lowest BCUT2D eigenvalue weighted by Gasteiger charge is -2.17. The zero-order chi connectivity index (χ0) is 13.5. The van der Waals surface area contributed by atoms with Gasteiger partial charge in [-0.05, 0) is 32.3 Å². The summed E-state index contributed by atoms with van der Waals surface area (Å²) in [6.45, 7) is 2.64. The summed E-state index contributed by atoms with van der Waals surface area (Å²) in [4.78, 5) is 10.7. The van der Waals surface area contributed by atoms with Crippen LogP contribution in [0.4, 0.5) is 4.39 Å². The van der Waals surface area contributed by atoms with Crippen molar-refractivity contribution in [1.29, 1.82) is 5.41 Å². The normalized spacial score (nSPS) is 15.2. The first-order valence-corrected chi connectivity index (χ1v) is 5.34. The van der Waals surface area contributed by atoms with Crippen LogP contribution in [0, 0.1) is 5.41 Å². The van der Waals surface area contributed by atoms with E-state index in [1.54, 1.807) is 13.0 Å². The summed E-state index contributed by atoms with van der Waals surface area (Å²) in [6, 6.07) is 0. The number of hydrogen-bond acceptors (Lipinski definition) is 3. The molecule has 0 fully saturated rings. The van der Waals surface area contributed by atoms with Gasteiger partial charge in [0.25, 0.3) is 0 Å². The summed E-state index contributed by atoms with van der Waals surface area (Å²) in [7, 11) is 0. The minimum absolute atomic E-state index is 0.245. The molecule has 5 N–H and O–H groups in total. The zero-order valence-electron chi connectivity index (χ0n) is 10.2. The van der Waals surface area contributed by atoms with Gasteiger partial charge in [0, 0.05) is 6.54 Å². The van der Waals surface area contributed by atoms with Gasteiger partial charge in [0.05, 0.1) is 5.84 Å². The number of allylic oxidation sites excluding steroid dienone is 1. The SMILES string of the molecule is CC(=N)NC/C(=C\CC[C@](C)(N)C(=O)O)CF. The third-order valence-corrected chi connectivity index (χ3v) is 2.34. The fourth-order valence-corrected chi connectivity index (χ4v) is 1.10. The number of halogens is 1. The molecule has 17 heavy (non-hydrogen) atoms. The van der Waals surface area contributed by atoms with Crippen LogP contribution in [0.5, 0.6) is 0 Å². The van der Waals surface area contributed by atoms with Gasteiger partial charge in [-0.15, -0.1) is 0 Å². The van der Waals surface area contributed by atoms with Crippen LogP contribution >= 0.6 is 0 Å². The molecule has 98 valence electrons. The van der Waals surface area contributed by atoms with E-state index in [-0.39, 0.29) is 18.8 Å². The van der Waals surface area contributed by atoms with Crippen LogP contribution in [0.1, 0.15) is 26.7 Å². The molecule has 0 heterocycles. The smallest absolute Gasteiger partial charge is 0.323 e. The summed E-state index contributed by atoms with van der Waals surface area (Å²) in [6.07, 6.45) is 2.27. The van der Waals surface area contributed by atoms with Gasteiger partial charge < -0.3 is 16.2 Å². The van der Waals surface area contributed by atoms with E-state index in [2.05, 4.69) is 5.32 Å². The van der Waals surface area contributed by atoms with E-state index in [0.717, 1.165) is 0 Å². The Hall–Kier alpha value is -1.43. The minimum Gasteiger partial charge on any atom is -0.480 e. The Morgan fingerprint density at radius 2 is 2.24 bits per heavy atom. The summed E-state index contributed by atoms with van der Waals surface area (Å²) >= 11 is 0. The fourth-order valence-electron chi connectivity index (χ4n) is 1.10. The molecule has 0 saturated heterocycles. The average molecular weight is 245 g/mol. The van der Waals surface area contributed by atoms with E-state index in [9.17, 15) is 9.18 Å². The first kappa shape index (κ1) is 15.6. The zero-order valence-corrected chi connectivity index (χ0v) is 10.2. The van der Waals surface area contributed by atoms with Crippen molar-refractivity contribution in [3.8, 4) is 0 Å². The number of hydrogen-bond donors (Lipinski definition) is 4. The number of amidine groups is 1. The predicted octanol–water partition coefficient (Wildman–Crippen LogP) is 1.05. The van der Waals surface area contributed by atoms with Gasteiger partial charge >= 0.3 is 5.97 Å². The molecule has 0 aliphatic heterocycles. The quantitative estimate of drug-likeness (QED) is 0.306. The van der Waals surface area contributed by atoms with Crippen LogP contribution < -0.4 is 11.1 Å². The molecule has 6 heteroatoms. The number of carboxylic acid groups (broad SMARTS) is 1. The van der Waals surface area contributed by atoms with Crippen molar-refractivity contribution in [2.24, 2.45) is 5.73 Å². The number of aliphatic carboxylic acids is 1. The molecule has 0 rings (SSSR count). The maximum atomic E-state index is 12.6. The van der Waals surface area contributed by atoms with Crippen molar-refractivity contribution in [2.75, 3.05) is 13.2 Å². The van der Waals surface area contributed by atoms with Gasteiger partial charge in [-0.2, -0.15) is 0 Å². The second kappa shape index (κ2) is 7.01. The third-order valence-electron chi connectivity index (χ3n) is 2.34. The standard InChI is InChI=1S/C11H20FN3O2/c1-8(13)15-7-9(6-12)4-3-5-11(2,14)10(16)17/h4H,3,5-7,14H2,1-2H3,(H2,13,15)(H,16,17)/b9-4-/t11-/m0/s1. The van der Waals surface area contributed by atoms with Crippen molar-refractivity contribution in [2.45, 2.75) is 32.2 Å². The highest BCUT2D eigenvalue weighted by Crippen LogP contribution is 2.11. The number of nitrogens with one attached hydrogen (secondary N) is 2. The Bertz CT molecular complexity index is 314. The van der Waals surface area contributed by atoms with Crippen LogP contribution in [0.3, 0.4) is 0 Å². The monoisotopic (exact) mass is 245 g/mol. The lowest BCUT2D eigenvalue weighted by atomic mass is 9.97. The van der Waals surface area contributed by atoms with Crippen molar-refractivity contribution in [3.63, 3.8) is 0 Å². The second-order valence-corrected chi connectivity index (χ2v) is 4.24. The lowest BCUT2D eigenvalue weighted by molar-refractivity contribution is -0.142. The second-order valence-electron chi connectivity index (χ2n) is 4.24. The Kier molecular flexibility index (Phi) is 6.42. The number of rotatable bonds is 7. The molecule has 0 radical (unpaired) electrons. The summed E-state index contributed by atoms with van der Waals surface area (Å²) in [5.41, 5.74) is 4.75. The third kappa shape index (κ3) is 6.68. The van der Waals surface area contributed by atoms with E-state index in [4.69, 9.17) is 16.2 Å². The van der Waals surface area contributed by atoms with Gasteiger partial charge in [0.15, 0.2) is 0 Å². The van der Waals surface area contributed by atoms with Gasteiger partial charge in [-0.1, -0.05) is 6.08 Å². The number of carbonyl (C=O) groups is 1. The summed E-state index contributed by atoms with van der Waals surface area (Å²) in [5, 5.41) is 18.6. The molecule has 0 aromatic rings. The van der Waals surface area contributed by atoms with E-state index < -0.39 is 18.2 Å². The molecule has 0 unspecified atom stereocenters. The molecule has 5 nitrogen and oxygen atoms in total. The topological polar surface area (TPSA) is 99.2 Å². The molecule has 0 aromatic heterocycles. The number of alkyl halides is 1. The Balaban J connectivity index is 4.19. The van der Waals surface area contributed by atoms with Gasteiger partial charge in [-0.3, -0.25) is 10.2 Å². The number of carboxylic acids is 1. The van der Waals surface area contributed by atoms with Gasteiger partial charge in [-0.25, -0.2) is 4.39 Å². The van der Waals surface area contributed by atoms with Crippen LogP contribution in [0.2, 0.25) is 0 Å². The van der Waals surface area contributed by atoms with E-state index in [1.165, 1.54) is 6.92 Å². The summed E-state index contributed by atoms with van der Waals surface area (Å²) in [5.74, 6) is -0.806. The molecule has 0 bridgehead atoms. The molecule has 0 saturated carbocycles. The summed E-state index contributed by atoms with van der Waals surface area (Å²) < 4.78 is 12.6. The van der Waals surface area contributed by atoms with Gasteiger partial charge in [0.2, 0.25) is 0 Å². The molecule has 1 atom stereocenters. The maximum Gasteiger partial charge on any atom is 0.323 e. The highest BCUT2D eigenvalue weighted by Gasteiger charge is 2.26. The van der Waals surface area contributed by atoms with E-state index >= 15 is 0 Å². The Labute approximate surface area is 100 Å². The van der Waals surface area contributed by atoms with Crippen molar-refractivity contribution < 1.29 is 14.3 Å². The van der Waals surface area contributed by atoms with Gasteiger partial charge in [0.1, 0.15) is 12.2 Å². The molecule has 0 amide bonds. The van der Waals surface area contributed by atoms with Crippen molar-refractivity contribution in [1.82, 2.24) is 5.32 Å². The molecular weight excluding hydrogens is 225 g/mol. The highest BCUT2D eigenvalue weighted by atomic mass is 19.1. The van der Waals surface area contributed by atoms with Crippen LogP contribution in [-0.2, 0) is 4.79 Å². The lowest BCUT2D eigenvalue weighted by Crippen LogP contribution is -2.44. The largest absolute Gasteiger partial charge is 0.480 e. The maximum absolute atomic E-state index is 12.6. The first-order chi connectivity index (χ1) is 7.79. The van der Waals surface area contributed by atoms with Crippen molar-refractivity contribution >= 4 is 11.8 Å². The minimum atomic E-state index is -1.29. The fraction of sp³-hybridized carbons (Fsp3) is 0.636. The molecule has 0 spiro atoms. The Morgan fingerprint density at radius 3 is 2.65 bits per heavy atom. The van der Waals surface area contributed by atoms with E-state index in [1.807, 2.05) is 0 Å².